The number of ether oxygens (including phenoxy) is 2. The van der Waals surface area contributed by atoms with Crippen molar-refractivity contribution in [1.29, 1.82) is 0 Å². The average molecular weight is 314 g/mol. The van der Waals surface area contributed by atoms with Gasteiger partial charge in [0.1, 0.15) is 16.4 Å². The SMILES string of the molecule is CNCC1CCCN1S(=O)(=O)c1ccc(OC)cc1OC. The summed E-state index contributed by atoms with van der Waals surface area (Å²) in [5, 5.41) is 3.05. The van der Waals surface area contributed by atoms with E-state index in [1.165, 1.54) is 14.2 Å². The molecule has 0 amide bonds. The van der Waals surface area contributed by atoms with Crippen molar-refractivity contribution in [3.63, 3.8) is 0 Å². The van der Waals surface area contributed by atoms with Gasteiger partial charge in [-0.25, -0.2) is 8.42 Å². The molecule has 1 aromatic rings. The van der Waals surface area contributed by atoms with E-state index in [0.29, 0.717) is 24.6 Å². The van der Waals surface area contributed by atoms with Crippen molar-refractivity contribution < 1.29 is 17.9 Å². The van der Waals surface area contributed by atoms with Crippen LogP contribution >= 0.6 is 0 Å². The predicted octanol–water partition coefficient (Wildman–Crippen LogP) is 1.08. The summed E-state index contributed by atoms with van der Waals surface area (Å²) >= 11 is 0. The average Bonchev–Trinajstić information content (AvgIpc) is 2.96. The third kappa shape index (κ3) is 3.14. The summed E-state index contributed by atoms with van der Waals surface area (Å²) in [5.74, 6) is 0.878. The highest BCUT2D eigenvalue weighted by Gasteiger charge is 2.36. The standard InChI is InChI=1S/C14H22N2O4S/c1-15-10-11-5-4-8-16(11)21(17,18)14-7-6-12(19-2)9-13(14)20-3/h6-7,9,11,15H,4-5,8,10H2,1-3H3. The van der Waals surface area contributed by atoms with Crippen LogP contribution in [0, 0.1) is 0 Å². The molecule has 21 heavy (non-hydrogen) atoms. The highest BCUT2D eigenvalue weighted by atomic mass is 32.2. The summed E-state index contributed by atoms with van der Waals surface area (Å²) in [4.78, 5) is 0.189. The minimum atomic E-state index is -3.57. The van der Waals surface area contributed by atoms with Crippen LogP contribution in [0.3, 0.4) is 0 Å². The van der Waals surface area contributed by atoms with E-state index in [0.717, 1.165) is 12.8 Å². The minimum Gasteiger partial charge on any atom is -0.497 e. The summed E-state index contributed by atoms with van der Waals surface area (Å²) < 4.78 is 37.7. The molecule has 0 radical (unpaired) electrons. The molecule has 1 saturated heterocycles. The van der Waals surface area contributed by atoms with Crippen LogP contribution < -0.4 is 14.8 Å². The van der Waals surface area contributed by atoms with E-state index < -0.39 is 10.0 Å². The van der Waals surface area contributed by atoms with Crippen molar-refractivity contribution in [3.8, 4) is 11.5 Å². The smallest absolute Gasteiger partial charge is 0.247 e. The van der Waals surface area contributed by atoms with Gasteiger partial charge < -0.3 is 14.8 Å². The van der Waals surface area contributed by atoms with Gasteiger partial charge in [-0.3, -0.25) is 0 Å². The van der Waals surface area contributed by atoms with Crippen LogP contribution in [0.25, 0.3) is 0 Å². The van der Waals surface area contributed by atoms with Crippen molar-refractivity contribution in [2.45, 2.75) is 23.8 Å². The zero-order valence-electron chi connectivity index (χ0n) is 12.6. The summed E-state index contributed by atoms with van der Waals surface area (Å²) in [6, 6.07) is 4.77. The molecule has 0 aromatic heterocycles. The minimum absolute atomic E-state index is 0.00759. The first-order valence-corrected chi connectivity index (χ1v) is 8.37. The predicted molar refractivity (Wildman–Crippen MR) is 80.4 cm³/mol. The molecule has 2 rings (SSSR count). The number of rotatable bonds is 6. The van der Waals surface area contributed by atoms with Gasteiger partial charge in [0, 0.05) is 25.2 Å². The first-order valence-electron chi connectivity index (χ1n) is 6.93. The lowest BCUT2D eigenvalue weighted by molar-refractivity contribution is 0.366. The van der Waals surface area contributed by atoms with E-state index in [4.69, 9.17) is 9.47 Å². The molecular weight excluding hydrogens is 292 g/mol. The Morgan fingerprint density at radius 2 is 2.10 bits per heavy atom. The van der Waals surface area contributed by atoms with Crippen LogP contribution in [0.15, 0.2) is 23.1 Å². The second-order valence-electron chi connectivity index (χ2n) is 4.99. The Morgan fingerprint density at radius 1 is 1.33 bits per heavy atom. The number of hydrogen-bond donors (Lipinski definition) is 1. The van der Waals surface area contributed by atoms with Gasteiger partial charge in [0.2, 0.25) is 10.0 Å². The van der Waals surface area contributed by atoms with Crippen LogP contribution in [-0.4, -0.2) is 53.1 Å². The maximum atomic E-state index is 12.9. The van der Waals surface area contributed by atoms with E-state index in [2.05, 4.69) is 5.32 Å². The second-order valence-corrected chi connectivity index (χ2v) is 6.85. The van der Waals surface area contributed by atoms with Crippen molar-refractivity contribution in [2.24, 2.45) is 0 Å². The zero-order valence-corrected chi connectivity index (χ0v) is 13.4. The topological polar surface area (TPSA) is 67.9 Å². The van der Waals surface area contributed by atoms with Crippen LogP contribution in [0.4, 0.5) is 0 Å². The van der Waals surface area contributed by atoms with E-state index in [1.807, 2.05) is 7.05 Å². The van der Waals surface area contributed by atoms with Crippen LogP contribution in [0.5, 0.6) is 11.5 Å². The molecule has 0 saturated carbocycles. The van der Waals surface area contributed by atoms with Gasteiger partial charge in [0.25, 0.3) is 0 Å². The molecular formula is C14H22N2O4S. The lowest BCUT2D eigenvalue weighted by Gasteiger charge is -2.24. The zero-order chi connectivity index (χ0) is 15.5. The highest BCUT2D eigenvalue weighted by Crippen LogP contribution is 2.33. The summed E-state index contributed by atoms with van der Waals surface area (Å²) in [5.41, 5.74) is 0. The molecule has 6 nitrogen and oxygen atoms in total. The third-order valence-corrected chi connectivity index (χ3v) is 5.71. The lowest BCUT2D eigenvalue weighted by Crippen LogP contribution is -2.40. The van der Waals surface area contributed by atoms with Crippen LogP contribution in [-0.2, 0) is 10.0 Å². The molecule has 1 aliphatic rings. The first-order chi connectivity index (χ1) is 10.0. The number of nitrogens with zero attached hydrogens (tertiary/aromatic N) is 1. The number of benzene rings is 1. The van der Waals surface area contributed by atoms with Gasteiger partial charge in [0.05, 0.1) is 14.2 Å². The Bertz CT molecular complexity index is 589. The normalized spacial score (nSPS) is 19.7. The van der Waals surface area contributed by atoms with E-state index in [9.17, 15) is 8.42 Å². The monoisotopic (exact) mass is 314 g/mol. The Labute approximate surface area is 126 Å². The second kappa shape index (κ2) is 6.64. The number of hydrogen-bond acceptors (Lipinski definition) is 5. The summed E-state index contributed by atoms with van der Waals surface area (Å²) in [6.45, 7) is 1.20. The van der Waals surface area contributed by atoms with Gasteiger partial charge in [-0.2, -0.15) is 4.31 Å². The molecule has 7 heteroatoms. The fourth-order valence-electron chi connectivity index (χ4n) is 2.68. The molecule has 1 aromatic carbocycles. The Balaban J connectivity index is 2.39. The van der Waals surface area contributed by atoms with Crippen molar-refractivity contribution >= 4 is 10.0 Å². The Kier molecular flexibility index (Phi) is 5.08. The summed E-state index contributed by atoms with van der Waals surface area (Å²) in [7, 11) is 1.26. The van der Waals surface area contributed by atoms with E-state index in [-0.39, 0.29) is 10.9 Å². The Morgan fingerprint density at radius 3 is 2.71 bits per heavy atom. The van der Waals surface area contributed by atoms with Crippen molar-refractivity contribution in [3.05, 3.63) is 18.2 Å². The van der Waals surface area contributed by atoms with Gasteiger partial charge >= 0.3 is 0 Å². The van der Waals surface area contributed by atoms with Crippen molar-refractivity contribution in [1.82, 2.24) is 9.62 Å². The number of likely N-dealkylation sites (N-methyl/N-ethyl adjacent to an activating group) is 1. The largest absolute Gasteiger partial charge is 0.497 e. The lowest BCUT2D eigenvalue weighted by atomic mass is 10.2. The van der Waals surface area contributed by atoms with Crippen LogP contribution in [0.1, 0.15) is 12.8 Å². The first kappa shape index (κ1) is 16.1. The highest BCUT2D eigenvalue weighted by molar-refractivity contribution is 7.89. The molecule has 0 aliphatic carbocycles. The molecule has 0 bridgehead atoms. The number of sulfonamides is 1. The Hall–Kier alpha value is -1.31. The maximum absolute atomic E-state index is 12.9. The fraction of sp³-hybridized carbons (Fsp3) is 0.571. The van der Waals surface area contributed by atoms with Gasteiger partial charge in [-0.1, -0.05) is 0 Å². The molecule has 1 fully saturated rings. The molecule has 1 unspecified atom stereocenters. The van der Waals surface area contributed by atoms with E-state index in [1.54, 1.807) is 22.5 Å². The number of methoxy groups -OCH3 is 2. The number of nitrogens with one attached hydrogen (secondary N) is 1. The third-order valence-electron chi connectivity index (χ3n) is 3.72. The molecule has 0 spiro atoms. The molecule has 1 N–H and O–H groups in total. The molecule has 1 heterocycles. The molecule has 1 aliphatic heterocycles. The van der Waals surface area contributed by atoms with Gasteiger partial charge in [-0.15, -0.1) is 0 Å². The van der Waals surface area contributed by atoms with Gasteiger partial charge in [0.15, 0.2) is 0 Å². The fourth-order valence-corrected chi connectivity index (χ4v) is 4.51. The van der Waals surface area contributed by atoms with E-state index >= 15 is 0 Å². The summed E-state index contributed by atoms with van der Waals surface area (Å²) in [6.07, 6.45) is 1.75. The van der Waals surface area contributed by atoms with Crippen LogP contribution in [0.2, 0.25) is 0 Å². The van der Waals surface area contributed by atoms with Crippen molar-refractivity contribution in [2.75, 3.05) is 34.4 Å². The quantitative estimate of drug-likeness (QED) is 0.851. The molecule has 1 atom stereocenters. The molecule has 118 valence electrons. The maximum Gasteiger partial charge on any atom is 0.247 e. The van der Waals surface area contributed by atoms with Gasteiger partial charge in [-0.05, 0) is 32.0 Å².